The highest BCUT2D eigenvalue weighted by molar-refractivity contribution is 7.80. The topological polar surface area (TPSA) is 88.5 Å². The standard InChI is InChI=1S/C32H33N5O3S/c1-20-12-14-23(15-13-20)34-28(38)16-18-36-30(29(35-32(36)41)26-10-7-8-17-33-26)25-19-21(2)37(22(25)3)27-11-6-5-9-24(27)31(39)40-4/h5-15,17,19,29-30H,16,18H2,1-4H3,(H,34,38)(H,35,41). The van der Waals surface area contributed by atoms with Crippen molar-refractivity contribution in [2.45, 2.75) is 39.3 Å². The number of thiocarbonyl (C=S) groups is 1. The fourth-order valence-electron chi connectivity index (χ4n) is 5.48. The Bertz CT molecular complexity index is 1580. The number of carbonyl (C=O) groups is 2. The van der Waals surface area contributed by atoms with Crippen molar-refractivity contribution < 1.29 is 14.3 Å². The van der Waals surface area contributed by atoms with E-state index >= 15 is 0 Å². The van der Waals surface area contributed by atoms with Gasteiger partial charge >= 0.3 is 5.97 Å². The van der Waals surface area contributed by atoms with E-state index in [1.807, 2.05) is 81.4 Å². The highest BCUT2D eigenvalue weighted by Gasteiger charge is 2.41. The van der Waals surface area contributed by atoms with Crippen molar-refractivity contribution in [3.8, 4) is 5.69 Å². The number of pyridine rings is 1. The minimum atomic E-state index is -0.397. The van der Waals surface area contributed by atoms with Gasteiger partial charge in [-0.1, -0.05) is 35.9 Å². The average molecular weight is 568 g/mol. The molecule has 0 saturated carbocycles. The summed E-state index contributed by atoms with van der Waals surface area (Å²) in [4.78, 5) is 32.2. The number of aryl methyl sites for hydroxylation is 2. The number of anilines is 1. The highest BCUT2D eigenvalue weighted by Crippen LogP contribution is 2.41. The van der Waals surface area contributed by atoms with Gasteiger partial charge in [0.05, 0.1) is 36.1 Å². The maximum Gasteiger partial charge on any atom is 0.339 e. The van der Waals surface area contributed by atoms with E-state index in [0.717, 1.165) is 39.6 Å². The summed E-state index contributed by atoms with van der Waals surface area (Å²) in [7, 11) is 1.38. The highest BCUT2D eigenvalue weighted by atomic mass is 32.1. The molecule has 4 aromatic rings. The van der Waals surface area contributed by atoms with Crippen LogP contribution in [0.5, 0.6) is 0 Å². The normalized spacial score (nSPS) is 16.4. The molecule has 1 fully saturated rings. The van der Waals surface area contributed by atoms with Gasteiger partial charge in [-0.2, -0.15) is 0 Å². The number of para-hydroxylation sites is 1. The summed E-state index contributed by atoms with van der Waals surface area (Å²) in [6.45, 7) is 6.48. The second kappa shape index (κ2) is 11.9. The molecular formula is C32H33N5O3S. The number of ether oxygens (including phenoxy) is 1. The smallest absolute Gasteiger partial charge is 0.339 e. The molecule has 9 heteroatoms. The third-order valence-corrected chi connectivity index (χ3v) is 7.80. The van der Waals surface area contributed by atoms with E-state index in [1.54, 1.807) is 12.3 Å². The van der Waals surface area contributed by atoms with E-state index in [2.05, 4.69) is 31.2 Å². The molecule has 8 nitrogen and oxygen atoms in total. The molecule has 2 atom stereocenters. The fourth-order valence-corrected chi connectivity index (χ4v) is 5.81. The third-order valence-electron chi connectivity index (χ3n) is 7.45. The largest absolute Gasteiger partial charge is 0.465 e. The van der Waals surface area contributed by atoms with Crippen molar-refractivity contribution >= 4 is 34.9 Å². The fraction of sp³-hybridized carbons (Fsp3) is 0.250. The van der Waals surface area contributed by atoms with Crippen LogP contribution in [0.2, 0.25) is 0 Å². The van der Waals surface area contributed by atoms with Crippen molar-refractivity contribution in [3.05, 3.63) is 113 Å². The molecule has 0 spiro atoms. The van der Waals surface area contributed by atoms with Gasteiger partial charge in [0.25, 0.3) is 0 Å². The molecule has 41 heavy (non-hydrogen) atoms. The van der Waals surface area contributed by atoms with Crippen LogP contribution in [0.3, 0.4) is 0 Å². The molecular weight excluding hydrogens is 534 g/mol. The molecule has 2 N–H and O–H groups in total. The first-order valence-electron chi connectivity index (χ1n) is 13.5. The number of hydrogen-bond acceptors (Lipinski definition) is 5. The summed E-state index contributed by atoms with van der Waals surface area (Å²) in [6.07, 6.45) is 2.02. The Morgan fingerprint density at radius 3 is 2.46 bits per heavy atom. The number of carbonyl (C=O) groups excluding carboxylic acids is 2. The van der Waals surface area contributed by atoms with Crippen molar-refractivity contribution in [3.63, 3.8) is 0 Å². The van der Waals surface area contributed by atoms with Gasteiger partial charge < -0.3 is 24.8 Å². The molecule has 1 amide bonds. The number of methoxy groups -OCH3 is 1. The Hall–Kier alpha value is -4.50. The SMILES string of the molecule is COC(=O)c1ccccc1-n1c(C)cc(C2C(c3ccccn3)NC(=S)N2CCC(=O)Nc2ccc(C)cc2)c1C. The van der Waals surface area contributed by atoms with Gasteiger partial charge in [0, 0.05) is 36.2 Å². The van der Waals surface area contributed by atoms with Crippen LogP contribution < -0.4 is 10.6 Å². The third kappa shape index (κ3) is 5.71. The van der Waals surface area contributed by atoms with E-state index in [9.17, 15) is 9.59 Å². The van der Waals surface area contributed by atoms with E-state index in [4.69, 9.17) is 17.0 Å². The summed E-state index contributed by atoms with van der Waals surface area (Å²) in [5, 5.41) is 7.01. The maximum absolute atomic E-state index is 12.9. The number of hydrogen-bond donors (Lipinski definition) is 2. The summed E-state index contributed by atoms with van der Waals surface area (Å²) in [5.41, 5.74) is 6.93. The van der Waals surface area contributed by atoms with Crippen LogP contribution in [0, 0.1) is 20.8 Å². The van der Waals surface area contributed by atoms with E-state index in [1.165, 1.54) is 7.11 Å². The van der Waals surface area contributed by atoms with Crippen LogP contribution >= 0.6 is 12.2 Å². The molecule has 5 rings (SSSR count). The van der Waals surface area contributed by atoms with Gasteiger partial charge in [-0.25, -0.2) is 4.79 Å². The summed E-state index contributed by atoms with van der Waals surface area (Å²) in [5.74, 6) is -0.486. The molecule has 0 bridgehead atoms. The predicted molar refractivity (Wildman–Crippen MR) is 163 cm³/mol. The Balaban J connectivity index is 1.50. The number of amides is 1. The average Bonchev–Trinajstić information content (AvgIpc) is 3.47. The van der Waals surface area contributed by atoms with Crippen LogP contribution in [0.25, 0.3) is 5.69 Å². The lowest BCUT2D eigenvalue weighted by Crippen LogP contribution is -2.32. The van der Waals surface area contributed by atoms with Gasteiger partial charge in [0.15, 0.2) is 5.11 Å². The van der Waals surface area contributed by atoms with Crippen LogP contribution in [0.15, 0.2) is 79.0 Å². The Labute approximate surface area is 245 Å². The Morgan fingerprint density at radius 1 is 1.02 bits per heavy atom. The Kier molecular flexibility index (Phi) is 8.16. The lowest BCUT2D eigenvalue weighted by atomic mass is 9.96. The number of aromatic nitrogens is 2. The zero-order valence-electron chi connectivity index (χ0n) is 23.5. The number of benzene rings is 2. The molecule has 3 heterocycles. The molecule has 1 saturated heterocycles. The molecule has 2 unspecified atom stereocenters. The lowest BCUT2D eigenvalue weighted by molar-refractivity contribution is -0.116. The monoisotopic (exact) mass is 567 g/mol. The molecule has 1 aliphatic heterocycles. The zero-order valence-corrected chi connectivity index (χ0v) is 24.4. The first-order valence-corrected chi connectivity index (χ1v) is 13.9. The number of esters is 1. The minimum Gasteiger partial charge on any atom is -0.465 e. The van der Waals surface area contributed by atoms with Crippen LogP contribution in [-0.4, -0.2) is 45.1 Å². The molecule has 1 aliphatic rings. The first-order chi connectivity index (χ1) is 19.8. The minimum absolute atomic E-state index is 0.0887. The Morgan fingerprint density at radius 2 is 1.76 bits per heavy atom. The molecule has 210 valence electrons. The van der Waals surface area contributed by atoms with E-state index in [-0.39, 0.29) is 24.4 Å². The van der Waals surface area contributed by atoms with Crippen LogP contribution in [0.4, 0.5) is 5.69 Å². The second-order valence-corrected chi connectivity index (χ2v) is 10.5. The second-order valence-electron chi connectivity index (χ2n) is 10.2. The quantitative estimate of drug-likeness (QED) is 0.212. The van der Waals surface area contributed by atoms with Gasteiger partial charge in [-0.3, -0.25) is 9.78 Å². The van der Waals surface area contributed by atoms with Gasteiger partial charge in [0.2, 0.25) is 5.91 Å². The number of nitrogens with zero attached hydrogens (tertiary/aromatic N) is 3. The summed E-state index contributed by atoms with van der Waals surface area (Å²) in [6, 6.07) is 22.6. The van der Waals surface area contributed by atoms with Crippen molar-refractivity contribution in [2.75, 3.05) is 19.0 Å². The van der Waals surface area contributed by atoms with Gasteiger partial charge in [0.1, 0.15) is 0 Å². The molecule has 0 aliphatic carbocycles. The number of rotatable bonds is 8. The maximum atomic E-state index is 12.9. The van der Waals surface area contributed by atoms with E-state index in [0.29, 0.717) is 17.2 Å². The molecule has 2 aromatic heterocycles. The van der Waals surface area contributed by atoms with Crippen molar-refractivity contribution in [1.82, 2.24) is 19.8 Å². The molecule has 2 aromatic carbocycles. The van der Waals surface area contributed by atoms with Gasteiger partial charge in [-0.15, -0.1) is 0 Å². The zero-order chi connectivity index (χ0) is 29.1. The van der Waals surface area contributed by atoms with Crippen molar-refractivity contribution in [1.29, 1.82) is 0 Å². The predicted octanol–water partition coefficient (Wildman–Crippen LogP) is 5.59. The first kappa shape index (κ1) is 28.0. The van der Waals surface area contributed by atoms with Gasteiger partial charge in [-0.05, 0) is 81.0 Å². The van der Waals surface area contributed by atoms with Crippen molar-refractivity contribution in [2.24, 2.45) is 0 Å². The summed E-state index contributed by atoms with van der Waals surface area (Å²) < 4.78 is 7.13. The summed E-state index contributed by atoms with van der Waals surface area (Å²) >= 11 is 5.83. The van der Waals surface area contributed by atoms with E-state index < -0.39 is 5.97 Å². The van der Waals surface area contributed by atoms with Crippen LogP contribution in [0.1, 0.15) is 57.1 Å². The lowest BCUT2D eigenvalue weighted by Gasteiger charge is -2.28. The van der Waals surface area contributed by atoms with Crippen LogP contribution in [-0.2, 0) is 9.53 Å². The number of nitrogens with one attached hydrogen (secondary N) is 2. The molecule has 0 radical (unpaired) electrons.